The highest BCUT2D eigenvalue weighted by Gasteiger charge is 2.75. The minimum Gasteiger partial charge on any atom is -0.500 e. The Balaban J connectivity index is 7.20. The fourth-order valence-electron chi connectivity index (χ4n) is 3.45. The van der Waals surface area contributed by atoms with Crippen LogP contribution >= 0.6 is 0 Å². The fraction of sp³-hybridized carbons (Fsp3) is 0.800. The first-order valence-corrected chi connectivity index (χ1v) is 25.1. The summed E-state index contributed by atoms with van der Waals surface area (Å²) in [7, 11) is -9.52. The van der Waals surface area contributed by atoms with Crippen LogP contribution in [-0.4, -0.2) is 84.1 Å². The predicted molar refractivity (Wildman–Crippen MR) is 140 cm³/mol. The first-order valence-electron chi connectivity index (χ1n) is 11.1. The van der Waals surface area contributed by atoms with Gasteiger partial charge in [-0.15, -0.1) is 0 Å². The average molecular weight is 547 g/mol. The van der Waals surface area contributed by atoms with Gasteiger partial charge < -0.3 is 31.0 Å². The van der Waals surface area contributed by atoms with Gasteiger partial charge in [-0.25, -0.2) is 4.79 Å². The van der Waals surface area contributed by atoms with Gasteiger partial charge in [0.2, 0.25) is 0 Å². The number of allylic oxidation sites excluding steroid dienone is 1. The zero-order valence-electron chi connectivity index (χ0n) is 20.1. The molecule has 0 aromatic heterocycles. The molecule has 30 heavy (non-hydrogen) atoms. The Bertz CT molecular complexity index is 451. The molecule has 0 heterocycles. The molecule has 0 amide bonds. The van der Waals surface area contributed by atoms with Crippen molar-refractivity contribution in [2.45, 2.75) is 76.8 Å². The van der Waals surface area contributed by atoms with Crippen LogP contribution in [0.4, 0.5) is 0 Å². The summed E-state index contributed by atoms with van der Waals surface area (Å²) < 4.78 is 44.7. The Labute approximate surface area is 197 Å². The van der Waals surface area contributed by atoms with E-state index in [4.69, 9.17) is 31.0 Å². The minimum absolute atomic E-state index is 0.459. The molecule has 178 valence electrons. The van der Waals surface area contributed by atoms with Crippen LogP contribution in [-0.2, 0) is 35.8 Å². The monoisotopic (exact) mass is 546 g/mol. The summed E-state index contributed by atoms with van der Waals surface area (Å²) in [5, 5.41) is 0. The summed E-state index contributed by atoms with van der Waals surface area (Å²) in [6.07, 6.45) is 3.81. The summed E-state index contributed by atoms with van der Waals surface area (Å²) in [5.74, 6) is -0.459. The van der Waals surface area contributed by atoms with Crippen LogP contribution in [0.15, 0.2) is 12.2 Å². The maximum Gasteiger partial charge on any atom is 0.442 e. The van der Waals surface area contributed by atoms with E-state index in [0.29, 0.717) is 6.04 Å². The van der Waals surface area contributed by atoms with E-state index in [-0.39, 0.29) is 0 Å². The van der Waals surface area contributed by atoms with Crippen LogP contribution in [0.5, 0.6) is 0 Å². The molecule has 0 aliphatic rings. The highest BCUT2D eigenvalue weighted by atomic mass is 28.4. The van der Waals surface area contributed by atoms with Crippen LogP contribution in [0.2, 0.25) is 45.3 Å². The smallest absolute Gasteiger partial charge is 0.442 e. The van der Waals surface area contributed by atoms with E-state index in [2.05, 4.69) is 0 Å². The maximum atomic E-state index is 12.9. The van der Waals surface area contributed by atoms with Crippen molar-refractivity contribution >= 4 is 72.9 Å². The Kier molecular flexibility index (Phi) is 16.4. The van der Waals surface area contributed by atoms with Crippen LogP contribution < -0.4 is 0 Å². The topological polar surface area (TPSA) is 81.7 Å². The van der Waals surface area contributed by atoms with Gasteiger partial charge in [0.1, 0.15) is 0 Å². The van der Waals surface area contributed by atoms with Gasteiger partial charge in [0.05, 0.1) is 0 Å². The van der Waals surface area contributed by atoms with E-state index >= 15 is 0 Å². The fourth-order valence-corrected chi connectivity index (χ4v) is 18.4. The van der Waals surface area contributed by atoms with Crippen LogP contribution in [0, 0.1) is 0 Å². The Morgan fingerprint density at radius 3 is 1.33 bits per heavy atom. The van der Waals surface area contributed by atoms with E-state index < -0.39 is 84.1 Å². The molecule has 0 aliphatic carbocycles. The van der Waals surface area contributed by atoms with Crippen molar-refractivity contribution in [2.75, 3.05) is 0 Å². The molecule has 0 aromatic carbocycles. The molecule has 0 unspecified atom stereocenters. The quantitative estimate of drug-likeness (QED) is 0.120. The van der Waals surface area contributed by atoms with Gasteiger partial charge in [-0.1, -0.05) is 58.7 Å². The first-order chi connectivity index (χ1) is 14.4. The first kappa shape index (κ1) is 30.5. The van der Waals surface area contributed by atoms with Gasteiger partial charge >= 0.3 is 14.3 Å². The van der Waals surface area contributed by atoms with Crippen molar-refractivity contribution in [1.29, 1.82) is 0 Å². The zero-order chi connectivity index (χ0) is 23.1. The van der Waals surface area contributed by atoms with Crippen molar-refractivity contribution in [3.05, 3.63) is 12.2 Å². The van der Waals surface area contributed by atoms with Gasteiger partial charge in [-0.3, -0.25) is 0 Å². The van der Waals surface area contributed by atoms with Gasteiger partial charge in [0, 0.05) is 6.08 Å². The molecular formula is C15H42O8Si7. The molecule has 8 nitrogen and oxygen atoms in total. The van der Waals surface area contributed by atoms with E-state index in [1.54, 1.807) is 13.0 Å². The van der Waals surface area contributed by atoms with Crippen LogP contribution in [0.1, 0.15) is 20.3 Å². The number of carbonyl (C=O) groups excluding carboxylic acids is 1. The third-order valence-corrected chi connectivity index (χ3v) is 14.5. The molecule has 0 bridgehead atoms. The number of carbonyl (C=O) groups is 1. The number of hydrogen-bond donors (Lipinski definition) is 0. The molecule has 0 saturated heterocycles. The molecule has 0 radical (unpaired) electrons. The number of rotatable bonds is 18. The summed E-state index contributed by atoms with van der Waals surface area (Å²) >= 11 is 0. The Morgan fingerprint density at radius 1 is 0.767 bits per heavy atom. The molecule has 0 rings (SSSR count). The summed E-state index contributed by atoms with van der Waals surface area (Å²) in [4.78, 5) is 12.9. The molecule has 15 heteroatoms. The second kappa shape index (κ2) is 16.2. The molecule has 0 aliphatic heterocycles. The van der Waals surface area contributed by atoms with E-state index in [1.165, 1.54) is 6.08 Å². The maximum absolute atomic E-state index is 12.9. The van der Waals surface area contributed by atoms with E-state index in [0.717, 1.165) is 6.42 Å². The third kappa shape index (κ3) is 7.25. The summed E-state index contributed by atoms with van der Waals surface area (Å²) in [5.41, 5.74) is -2.86. The predicted octanol–water partition coefficient (Wildman–Crippen LogP) is -1.26. The highest BCUT2D eigenvalue weighted by molar-refractivity contribution is 6.81. The SMILES string of the molecule is CC=CC(=O)O[Si](CCC)(C(O[SiH2]C)(O[SiH2]C)O[SiH2]C)C(O[SiH2]C)(O[SiH2]C)O[SiH2]C. The Morgan fingerprint density at radius 2 is 1.10 bits per heavy atom. The molecule has 0 aromatic rings. The van der Waals surface area contributed by atoms with E-state index in [9.17, 15) is 4.79 Å². The average Bonchev–Trinajstić information content (AvgIpc) is 2.68. The molecule has 0 atom stereocenters. The lowest BCUT2D eigenvalue weighted by Crippen LogP contribution is -2.80. The molecule has 0 N–H and O–H groups in total. The summed E-state index contributed by atoms with van der Waals surface area (Å²) in [6, 6.07) is 0.505. The Hall–Kier alpha value is 0.488. The van der Waals surface area contributed by atoms with Gasteiger partial charge in [-0.2, -0.15) is 0 Å². The van der Waals surface area contributed by atoms with Gasteiger partial charge in [0.15, 0.2) is 58.6 Å². The lowest BCUT2D eigenvalue weighted by atomic mass is 10.5. The lowest BCUT2D eigenvalue weighted by molar-refractivity contribution is -0.260. The van der Waals surface area contributed by atoms with Crippen molar-refractivity contribution < 1.29 is 35.8 Å². The summed E-state index contributed by atoms with van der Waals surface area (Å²) in [6.45, 7) is 16.0. The van der Waals surface area contributed by atoms with Crippen molar-refractivity contribution in [2.24, 2.45) is 0 Å². The second-order valence-corrected chi connectivity index (χ2v) is 15.0. The second-order valence-electron chi connectivity index (χ2n) is 6.21. The van der Waals surface area contributed by atoms with Gasteiger partial charge in [-0.05, 0) is 13.0 Å². The van der Waals surface area contributed by atoms with Crippen molar-refractivity contribution in [3.63, 3.8) is 0 Å². The standard InChI is InChI=1S/C15H42O8Si7/c1-9-11-13(16)17-30(12-10-2,14(18-24-3,19-25-4)20-26-5)15(21-27-6,22-28-7)23-29-8/h9,11H,10,12,24-29H2,1-8H3. The number of hydrogen-bond acceptors (Lipinski definition) is 8. The van der Waals surface area contributed by atoms with E-state index in [1.807, 2.05) is 46.2 Å². The molecule has 0 saturated carbocycles. The van der Waals surface area contributed by atoms with Gasteiger partial charge in [0.25, 0.3) is 11.2 Å². The van der Waals surface area contributed by atoms with Crippen LogP contribution in [0.25, 0.3) is 0 Å². The normalized spacial score (nSPS) is 20.4. The zero-order valence-corrected chi connectivity index (χ0v) is 29.6. The third-order valence-electron chi connectivity index (χ3n) is 4.17. The molecular weight excluding hydrogens is 505 g/mol. The highest BCUT2D eigenvalue weighted by Crippen LogP contribution is 2.44. The van der Waals surface area contributed by atoms with Crippen LogP contribution in [0.3, 0.4) is 0 Å². The molecule has 0 fully saturated rings. The minimum atomic E-state index is -3.61. The molecule has 0 spiro atoms. The largest absolute Gasteiger partial charge is 0.500 e. The van der Waals surface area contributed by atoms with Crippen molar-refractivity contribution in [1.82, 2.24) is 0 Å². The lowest BCUT2D eigenvalue weighted by Gasteiger charge is -2.54. The van der Waals surface area contributed by atoms with Crippen molar-refractivity contribution in [3.8, 4) is 0 Å².